The Bertz CT molecular complexity index is 1150. The van der Waals surface area contributed by atoms with E-state index in [1.54, 1.807) is 7.11 Å². The number of amides is 1. The van der Waals surface area contributed by atoms with Gasteiger partial charge in [0, 0.05) is 25.2 Å². The number of hydrogen-bond acceptors (Lipinski definition) is 4. The largest absolute Gasteiger partial charge is 0.497 e. The van der Waals surface area contributed by atoms with Crippen LogP contribution in [-0.4, -0.2) is 22.4 Å². The third-order valence-electron chi connectivity index (χ3n) is 4.64. The molecule has 0 unspecified atom stereocenters. The summed E-state index contributed by atoms with van der Waals surface area (Å²) < 4.78 is 7.25. The Morgan fingerprint density at radius 2 is 1.79 bits per heavy atom. The van der Waals surface area contributed by atoms with Gasteiger partial charge in [-0.1, -0.05) is 36.4 Å². The summed E-state index contributed by atoms with van der Waals surface area (Å²) >= 11 is 0. The third-order valence-corrected chi connectivity index (χ3v) is 4.64. The van der Waals surface area contributed by atoms with Gasteiger partial charge in [-0.3, -0.25) is 9.20 Å². The summed E-state index contributed by atoms with van der Waals surface area (Å²) in [6.07, 6.45) is 1.98. The Labute approximate surface area is 169 Å². The van der Waals surface area contributed by atoms with Crippen LogP contribution in [0, 0.1) is 0 Å². The molecule has 0 saturated heterocycles. The monoisotopic (exact) mass is 386 g/mol. The number of carbonyl (C=O) groups is 1. The lowest BCUT2D eigenvalue weighted by Crippen LogP contribution is -2.08. The molecule has 2 heterocycles. The zero-order valence-corrected chi connectivity index (χ0v) is 16.3. The van der Waals surface area contributed by atoms with Crippen molar-refractivity contribution in [2.75, 3.05) is 17.7 Å². The topological polar surface area (TPSA) is 67.7 Å². The molecule has 2 aromatic carbocycles. The molecule has 0 spiro atoms. The molecule has 4 rings (SSSR count). The van der Waals surface area contributed by atoms with Crippen molar-refractivity contribution in [3.8, 4) is 17.0 Å². The van der Waals surface area contributed by atoms with Crippen molar-refractivity contribution in [2.24, 2.45) is 0 Å². The number of nitrogens with one attached hydrogen (secondary N) is 2. The van der Waals surface area contributed by atoms with E-state index in [-0.39, 0.29) is 5.91 Å². The van der Waals surface area contributed by atoms with E-state index in [1.165, 1.54) is 6.92 Å². The number of imidazole rings is 1. The summed E-state index contributed by atoms with van der Waals surface area (Å²) in [4.78, 5) is 16.5. The Balaban J connectivity index is 1.74. The molecule has 0 aliphatic heterocycles. The molecule has 0 bridgehead atoms. The summed E-state index contributed by atoms with van der Waals surface area (Å²) in [5, 5.41) is 6.42. The maximum Gasteiger partial charge on any atom is 0.221 e. The number of methoxy groups -OCH3 is 1. The lowest BCUT2D eigenvalue weighted by Gasteiger charge is -2.12. The van der Waals surface area contributed by atoms with E-state index in [9.17, 15) is 4.79 Å². The minimum absolute atomic E-state index is 0.117. The van der Waals surface area contributed by atoms with Gasteiger partial charge in [0.15, 0.2) is 0 Å². The van der Waals surface area contributed by atoms with Gasteiger partial charge in [-0.05, 0) is 35.9 Å². The molecule has 2 aromatic heterocycles. The van der Waals surface area contributed by atoms with Crippen LogP contribution in [0.2, 0.25) is 0 Å². The second-order valence-electron chi connectivity index (χ2n) is 6.67. The van der Waals surface area contributed by atoms with E-state index in [2.05, 4.69) is 10.6 Å². The van der Waals surface area contributed by atoms with Gasteiger partial charge in [0.1, 0.15) is 22.9 Å². The fraction of sp³-hybridized carbons (Fsp3) is 0.130. The first-order chi connectivity index (χ1) is 14.2. The predicted molar refractivity (Wildman–Crippen MR) is 115 cm³/mol. The Hall–Kier alpha value is -3.80. The number of rotatable bonds is 6. The second kappa shape index (κ2) is 8.06. The van der Waals surface area contributed by atoms with Crippen LogP contribution in [0.3, 0.4) is 0 Å². The highest BCUT2D eigenvalue weighted by Crippen LogP contribution is 2.34. The highest BCUT2D eigenvalue weighted by molar-refractivity contribution is 5.95. The highest BCUT2D eigenvalue weighted by Gasteiger charge is 2.17. The van der Waals surface area contributed by atoms with Gasteiger partial charge >= 0.3 is 0 Å². The minimum Gasteiger partial charge on any atom is -0.497 e. The number of nitrogens with zero attached hydrogens (tertiary/aromatic N) is 2. The van der Waals surface area contributed by atoms with Crippen LogP contribution in [0.15, 0.2) is 72.9 Å². The van der Waals surface area contributed by atoms with Gasteiger partial charge in [-0.15, -0.1) is 0 Å². The molecule has 0 aliphatic rings. The number of fused-ring (bicyclic) bond motifs is 1. The van der Waals surface area contributed by atoms with Crippen molar-refractivity contribution >= 4 is 23.1 Å². The molecular formula is C23H22N4O2. The lowest BCUT2D eigenvalue weighted by atomic mass is 10.1. The van der Waals surface area contributed by atoms with E-state index < -0.39 is 0 Å². The summed E-state index contributed by atoms with van der Waals surface area (Å²) in [5.41, 5.74) is 4.34. The van der Waals surface area contributed by atoms with Crippen molar-refractivity contribution in [2.45, 2.75) is 13.5 Å². The Kier molecular flexibility index (Phi) is 5.16. The number of para-hydroxylation sites is 1. The molecule has 6 heteroatoms. The molecule has 29 heavy (non-hydrogen) atoms. The van der Waals surface area contributed by atoms with Gasteiger partial charge < -0.3 is 15.4 Å². The smallest absolute Gasteiger partial charge is 0.221 e. The highest BCUT2D eigenvalue weighted by atomic mass is 16.5. The third kappa shape index (κ3) is 3.91. The number of benzene rings is 2. The zero-order valence-electron chi connectivity index (χ0n) is 16.3. The molecule has 0 saturated carbocycles. The average Bonchev–Trinajstić information content (AvgIpc) is 3.11. The molecule has 0 atom stereocenters. The standard InChI is InChI=1S/C23H22N4O2/c1-16(28)25-20-8-4-3-7-19(20)22-23(27-14-6-5-9-21(27)26-22)24-15-17-10-12-18(29-2)13-11-17/h3-14,24H,15H2,1-2H3,(H,25,28). The predicted octanol–water partition coefficient (Wildman–Crippen LogP) is 4.58. The van der Waals surface area contributed by atoms with E-state index in [1.807, 2.05) is 77.3 Å². The van der Waals surface area contributed by atoms with Crippen LogP contribution in [0.1, 0.15) is 12.5 Å². The van der Waals surface area contributed by atoms with Crippen molar-refractivity contribution in [1.82, 2.24) is 9.38 Å². The number of anilines is 2. The quantitative estimate of drug-likeness (QED) is 0.509. The van der Waals surface area contributed by atoms with Crippen LogP contribution < -0.4 is 15.4 Å². The van der Waals surface area contributed by atoms with E-state index >= 15 is 0 Å². The molecule has 4 aromatic rings. The van der Waals surface area contributed by atoms with Gasteiger partial charge in [-0.25, -0.2) is 4.98 Å². The van der Waals surface area contributed by atoms with E-state index in [0.717, 1.165) is 39.7 Å². The maximum absolute atomic E-state index is 11.7. The summed E-state index contributed by atoms with van der Waals surface area (Å²) in [7, 11) is 1.66. The summed E-state index contributed by atoms with van der Waals surface area (Å²) in [6.45, 7) is 2.13. The van der Waals surface area contributed by atoms with Crippen LogP contribution in [-0.2, 0) is 11.3 Å². The average molecular weight is 386 g/mol. The minimum atomic E-state index is -0.117. The van der Waals surface area contributed by atoms with Crippen molar-refractivity contribution in [3.05, 3.63) is 78.5 Å². The molecule has 146 valence electrons. The first-order valence-corrected chi connectivity index (χ1v) is 9.36. The number of carbonyl (C=O) groups excluding carboxylic acids is 1. The Morgan fingerprint density at radius 1 is 1.03 bits per heavy atom. The fourth-order valence-electron chi connectivity index (χ4n) is 3.27. The molecule has 1 amide bonds. The van der Waals surface area contributed by atoms with Crippen LogP contribution in [0.5, 0.6) is 5.75 Å². The van der Waals surface area contributed by atoms with Crippen molar-refractivity contribution in [3.63, 3.8) is 0 Å². The molecule has 0 fully saturated rings. The maximum atomic E-state index is 11.7. The summed E-state index contributed by atoms with van der Waals surface area (Å²) in [6, 6.07) is 21.5. The zero-order chi connectivity index (χ0) is 20.2. The van der Waals surface area contributed by atoms with Gasteiger partial charge in [-0.2, -0.15) is 0 Å². The number of pyridine rings is 1. The first-order valence-electron chi connectivity index (χ1n) is 9.36. The summed E-state index contributed by atoms with van der Waals surface area (Å²) in [5.74, 6) is 1.58. The molecular weight excluding hydrogens is 364 g/mol. The number of ether oxygens (including phenoxy) is 1. The van der Waals surface area contributed by atoms with Crippen LogP contribution in [0.25, 0.3) is 16.9 Å². The number of hydrogen-bond donors (Lipinski definition) is 2. The van der Waals surface area contributed by atoms with Gasteiger partial charge in [0.25, 0.3) is 0 Å². The molecule has 2 N–H and O–H groups in total. The van der Waals surface area contributed by atoms with Gasteiger partial charge in [0.2, 0.25) is 5.91 Å². The van der Waals surface area contributed by atoms with Crippen molar-refractivity contribution < 1.29 is 9.53 Å². The fourth-order valence-corrected chi connectivity index (χ4v) is 3.27. The normalized spacial score (nSPS) is 10.7. The first kappa shape index (κ1) is 18.6. The molecule has 0 radical (unpaired) electrons. The van der Waals surface area contributed by atoms with Crippen molar-refractivity contribution in [1.29, 1.82) is 0 Å². The van der Waals surface area contributed by atoms with Crippen LogP contribution in [0.4, 0.5) is 11.5 Å². The van der Waals surface area contributed by atoms with Crippen LogP contribution >= 0.6 is 0 Å². The molecule has 6 nitrogen and oxygen atoms in total. The number of aromatic nitrogens is 2. The van der Waals surface area contributed by atoms with Gasteiger partial charge in [0.05, 0.1) is 12.8 Å². The lowest BCUT2D eigenvalue weighted by molar-refractivity contribution is -0.114. The van der Waals surface area contributed by atoms with E-state index in [0.29, 0.717) is 6.54 Å². The Morgan fingerprint density at radius 3 is 2.55 bits per heavy atom. The molecule has 0 aliphatic carbocycles. The second-order valence-corrected chi connectivity index (χ2v) is 6.67. The van der Waals surface area contributed by atoms with E-state index in [4.69, 9.17) is 9.72 Å². The SMILES string of the molecule is COc1ccc(CNc2c(-c3ccccc3NC(C)=O)nc3ccccn23)cc1.